The van der Waals surface area contributed by atoms with Gasteiger partial charge >= 0.3 is 6.03 Å². The molecule has 1 saturated carbocycles. The number of carbonyl (C=O) groups excluding carboxylic acids is 1. The van der Waals surface area contributed by atoms with Gasteiger partial charge in [0.15, 0.2) is 0 Å². The van der Waals surface area contributed by atoms with E-state index in [9.17, 15) is 9.90 Å². The quantitative estimate of drug-likeness (QED) is 0.652. The van der Waals surface area contributed by atoms with Gasteiger partial charge in [0, 0.05) is 26.2 Å². The number of piperidine rings is 1. The van der Waals surface area contributed by atoms with E-state index in [1.807, 2.05) is 0 Å². The van der Waals surface area contributed by atoms with Gasteiger partial charge in [0.05, 0.1) is 5.60 Å². The number of nitrogens with zero attached hydrogens (tertiary/aromatic N) is 1. The van der Waals surface area contributed by atoms with Gasteiger partial charge in [-0.3, -0.25) is 0 Å². The van der Waals surface area contributed by atoms with Gasteiger partial charge in [-0.1, -0.05) is 13.8 Å². The maximum absolute atomic E-state index is 11.6. The first-order valence-electron chi connectivity index (χ1n) is 8.43. The molecule has 2 aliphatic rings. The Balaban J connectivity index is 1.51. The molecule has 2 amide bonds. The SMILES string of the molecule is CC1CC(C)CN(CCCNC(=O)NCC2(O)CCC2)C1. The number of amides is 2. The van der Waals surface area contributed by atoms with Crippen LogP contribution in [-0.4, -0.2) is 54.4 Å². The fourth-order valence-electron chi connectivity index (χ4n) is 3.55. The Labute approximate surface area is 128 Å². The third-order valence-corrected chi connectivity index (χ3v) is 4.74. The molecule has 0 aromatic heterocycles. The molecule has 1 aliphatic carbocycles. The highest BCUT2D eigenvalue weighted by atomic mass is 16.3. The maximum Gasteiger partial charge on any atom is 0.314 e. The summed E-state index contributed by atoms with van der Waals surface area (Å²) in [5, 5.41) is 15.5. The molecule has 0 aromatic rings. The highest BCUT2D eigenvalue weighted by molar-refractivity contribution is 5.73. The predicted octanol–water partition coefficient (Wildman–Crippen LogP) is 1.57. The van der Waals surface area contributed by atoms with E-state index in [0.717, 1.165) is 44.1 Å². The van der Waals surface area contributed by atoms with E-state index in [4.69, 9.17) is 0 Å². The van der Waals surface area contributed by atoms with Crippen LogP contribution in [0.25, 0.3) is 0 Å². The molecule has 2 atom stereocenters. The average molecular weight is 297 g/mol. The predicted molar refractivity (Wildman–Crippen MR) is 84.2 cm³/mol. The number of hydrogen-bond donors (Lipinski definition) is 3. The van der Waals surface area contributed by atoms with Crippen LogP contribution >= 0.6 is 0 Å². The second kappa shape index (κ2) is 7.45. The first kappa shape index (κ1) is 16.6. The van der Waals surface area contributed by atoms with Crippen molar-refractivity contribution in [2.45, 2.75) is 51.6 Å². The third-order valence-electron chi connectivity index (χ3n) is 4.74. The molecule has 122 valence electrons. The summed E-state index contributed by atoms with van der Waals surface area (Å²) in [4.78, 5) is 14.1. The van der Waals surface area contributed by atoms with E-state index in [-0.39, 0.29) is 6.03 Å². The van der Waals surface area contributed by atoms with Crippen molar-refractivity contribution >= 4 is 6.03 Å². The summed E-state index contributed by atoms with van der Waals surface area (Å²) in [6.07, 6.45) is 4.99. The monoisotopic (exact) mass is 297 g/mol. The van der Waals surface area contributed by atoms with Crippen LogP contribution in [-0.2, 0) is 0 Å². The zero-order valence-corrected chi connectivity index (χ0v) is 13.5. The van der Waals surface area contributed by atoms with Gasteiger partial charge in [0.2, 0.25) is 0 Å². The lowest BCUT2D eigenvalue weighted by atomic mass is 9.80. The summed E-state index contributed by atoms with van der Waals surface area (Å²) >= 11 is 0. The third kappa shape index (κ3) is 5.47. The second-order valence-corrected chi connectivity index (χ2v) is 7.25. The number of carbonyl (C=O) groups is 1. The number of aliphatic hydroxyl groups is 1. The molecular weight excluding hydrogens is 266 g/mol. The second-order valence-electron chi connectivity index (χ2n) is 7.25. The molecule has 0 spiro atoms. The summed E-state index contributed by atoms with van der Waals surface area (Å²) in [7, 11) is 0. The molecule has 2 fully saturated rings. The first-order chi connectivity index (χ1) is 9.97. The van der Waals surface area contributed by atoms with Crippen molar-refractivity contribution in [3.8, 4) is 0 Å². The molecule has 5 heteroatoms. The van der Waals surface area contributed by atoms with Crippen LogP contribution in [0.4, 0.5) is 4.79 Å². The van der Waals surface area contributed by atoms with Crippen LogP contribution in [0.3, 0.4) is 0 Å². The van der Waals surface area contributed by atoms with Crippen molar-refractivity contribution in [3.05, 3.63) is 0 Å². The lowest BCUT2D eigenvalue weighted by Crippen LogP contribution is -2.50. The zero-order valence-electron chi connectivity index (χ0n) is 13.5. The van der Waals surface area contributed by atoms with E-state index < -0.39 is 5.60 Å². The Hall–Kier alpha value is -0.810. The fraction of sp³-hybridized carbons (Fsp3) is 0.938. The molecular formula is C16H31N3O2. The van der Waals surface area contributed by atoms with E-state index >= 15 is 0 Å². The largest absolute Gasteiger partial charge is 0.388 e. The van der Waals surface area contributed by atoms with Crippen LogP contribution in [0.1, 0.15) is 46.0 Å². The smallest absolute Gasteiger partial charge is 0.314 e. The van der Waals surface area contributed by atoms with Crippen molar-refractivity contribution in [2.75, 3.05) is 32.7 Å². The van der Waals surface area contributed by atoms with Crippen molar-refractivity contribution in [1.82, 2.24) is 15.5 Å². The normalized spacial score (nSPS) is 28.7. The standard InChI is InChI=1S/C16H31N3O2/c1-13-9-14(2)11-19(10-13)8-4-7-17-15(20)18-12-16(21)5-3-6-16/h13-14,21H,3-12H2,1-2H3,(H2,17,18,20). The minimum Gasteiger partial charge on any atom is -0.388 e. The minimum atomic E-state index is -0.641. The highest BCUT2D eigenvalue weighted by Crippen LogP contribution is 2.30. The molecule has 5 nitrogen and oxygen atoms in total. The minimum absolute atomic E-state index is 0.157. The Kier molecular flexibility index (Phi) is 5.88. The van der Waals surface area contributed by atoms with Crippen LogP contribution in [0.5, 0.6) is 0 Å². The van der Waals surface area contributed by atoms with Crippen LogP contribution < -0.4 is 10.6 Å². The summed E-state index contributed by atoms with van der Waals surface area (Å²) < 4.78 is 0. The topological polar surface area (TPSA) is 64.6 Å². The zero-order chi connectivity index (χ0) is 15.3. The Bertz CT molecular complexity index is 334. The fourth-order valence-corrected chi connectivity index (χ4v) is 3.55. The molecule has 21 heavy (non-hydrogen) atoms. The maximum atomic E-state index is 11.6. The lowest BCUT2D eigenvalue weighted by Gasteiger charge is -2.36. The number of urea groups is 1. The molecule has 3 N–H and O–H groups in total. The van der Waals surface area contributed by atoms with E-state index in [1.165, 1.54) is 19.5 Å². The van der Waals surface area contributed by atoms with Crippen LogP contribution in [0.2, 0.25) is 0 Å². The van der Waals surface area contributed by atoms with Gasteiger partial charge in [0.1, 0.15) is 0 Å². The molecule has 1 saturated heterocycles. The van der Waals surface area contributed by atoms with Crippen molar-refractivity contribution in [2.24, 2.45) is 11.8 Å². The summed E-state index contributed by atoms with van der Waals surface area (Å²) in [6.45, 7) is 9.13. The van der Waals surface area contributed by atoms with Crippen LogP contribution in [0, 0.1) is 11.8 Å². The first-order valence-corrected chi connectivity index (χ1v) is 8.43. The van der Waals surface area contributed by atoms with Gasteiger partial charge in [-0.05, 0) is 50.5 Å². The molecule has 2 rings (SSSR count). The van der Waals surface area contributed by atoms with Crippen molar-refractivity contribution in [1.29, 1.82) is 0 Å². The molecule has 2 unspecified atom stereocenters. The summed E-state index contributed by atoms with van der Waals surface area (Å²) in [6, 6.07) is -0.157. The van der Waals surface area contributed by atoms with Gasteiger partial charge in [-0.25, -0.2) is 4.79 Å². The van der Waals surface area contributed by atoms with Crippen molar-refractivity contribution < 1.29 is 9.90 Å². The molecule has 1 heterocycles. The molecule has 0 radical (unpaired) electrons. The number of likely N-dealkylation sites (tertiary alicyclic amines) is 1. The van der Waals surface area contributed by atoms with Gasteiger partial charge < -0.3 is 20.6 Å². The van der Waals surface area contributed by atoms with E-state index in [0.29, 0.717) is 13.1 Å². The van der Waals surface area contributed by atoms with Gasteiger partial charge in [-0.15, -0.1) is 0 Å². The number of hydrogen-bond acceptors (Lipinski definition) is 3. The molecule has 0 bridgehead atoms. The van der Waals surface area contributed by atoms with Gasteiger partial charge in [0.25, 0.3) is 0 Å². The Morgan fingerprint density at radius 3 is 2.48 bits per heavy atom. The van der Waals surface area contributed by atoms with E-state index in [1.54, 1.807) is 0 Å². The highest BCUT2D eigenvalue weighted by Gasteiger charge is 2.34. The number of nitrogens with one attached hydrogen (secondary N) is 2. The molecule has 0 aromatic carbocycles. The molecule has 1 aliphatic heterocycles. The number of rotatable bonds is 6. The van der Waals surface area contributed by atoms with Gasteiger partial charge in [-0.2, -0.15) is 0 Å². The Morgan fingerprint density at radius 2 is 1.90 bits per heavy atom. The summed E-state index contributed by atoms with van der Waals surface area (Å²) in [5.41, 5.74) is -0.641. The van der Waals surface area contributed by atoms with Crippen LogP contribution in [0.15, 0.2) is 0 Å². The Morgan fingerprint density at radius 1 is 1.24 bits per heavy atom. The van der Waals surface area contributed by atoms with E-state index in [2.05, 4.69) is 29.4 Å². The average Bonchev–Trinajstić information content (AvgIpc) is 2.38. The summed E-state index contributed by atoms with van der Waals surface area (Å²) in [5.74, 6) is 1.57. The van der Waals surface area contributed by atoms with Crippen molar-refractivity contribution in [3.63, 3.8) is 0 Å². The lowest BCUT2D eigenvalue weighted by molar-refractivity contribution is -0.0290.